The molecule has 13 atom stereocenters. The topological polar surface area (TPSA) is 123 Å². The Morgan fingerprint density at radius 2 is 1.49 bits per heavy atom. The van der Waals surface area contributed by atoms with Crippen molar-refractivity contribution < 1.29 is 39.1 Å². The van der Waals surface area contributed by atoms with Crippen LogP contribution >= 0.6 is 0 Å². The lowest BCUT2D eigenvalue weighted by Crippen LogP contribution is -2.60. The van der Waals surface area contributed by atoms with Crippen molar-refractivity contribution >= 4 is 11.8 Å². The quantitative estimate of drug-likeness (QED) is 0.0779. The number of carbonyl (C=O) groups excluding carboxylic acids is 2. The maximum Gasteiger partial charge on any atom is 0.305 e. The fourth-order valence-electron chi connectivity index (χ4n) is 12.0. The summed E-state index contributed by atoms with van der Waals surface area (Å²) >= 11 is 0. The summed E-state index contributed by atoms with van der Waals surface area (Å²) in [4.78, 5) is 26.7. The van der Waals surface area contributed by atoms with Crippen molar-refractivity contribution in [3.8, 4) is 0 Å². The summed E-state index contributed by atoms with van der Waals surface area (Å²) in [6.45, 7) is 14.0. The lowest BCUT2D eigenvalue weighted by atomic mass is 9.46. The molecule has 8 heteroatoms. The molecule has 1 saturated heterocycles. The molecule has 5 aliphatic rings. The number of ether oxygens (including phenoxy) is 3. The standard InChI is InChI=1S/C47H80O8/c1-7-8-9-10-11-12-13-14-15-16-17-21-40(49)53-30-39-42(50)43(51)44(52)45(55-39)54-34-24-26-46(5)33(28-34)29-38(48)41-36-23-22-35(32(4)20-18-19-31(2)3)47(36,6)27-25-37(41)46/h29,31-32,34-37,39,41-45,50-52H,7-28,30H2,1-6H3/t32-,34?,35-,36?,37?,39-,41?,42-,43+,44-,45+,46+,47-/m1/s1. The van der Waals surface area contributed by atoms with Crippen LogP contribution < -0.4 is 0 Å². The van der Waals surface area contributed by atoms with Crippen LogP contribution in [0.1, 0.15) is 183 Å². The van der Waals surface area contributed by atoms with E-state index in [2.05, 4.69) is 41.5 Å². The van der Waals surface area contributed by atoms with E-state index < -0.39 is 30.7 Å². The summed E-state index contributed by atoms with van der Waals surface area (Å²) in [5.41, 5.74) is 1.31. The third-order valence-corrected chi connectivity index (χ3v) is 15.5. The van der Waals surface area contributed by atoms with E-state index in [0.29, 0.717) is 42.3 Å². The number of unbranched alkanes of at least 4 members (excludes halogenated alkanes) is 10. The summed E-state index contributed by atoms with van der Waals surface area (Å²) in [6.07, 6.45) is 19.4. The lowest BCUT2D eigenvalue weighted by Gasteiger charge is -2.58. The monoisotopic (exact) mass is 773 g/mol. The summed E-state index contributed by atoms with van der Waals surface area (Å²) in [5.74, 6) is 2.96. The molecule has 1 heterocycles. The zero-order chi connectivity index (χ0) is 39.8. The molecule has 0 amide bonds. The van der Waals surface area contributed by atoms with Crippen LogP contribution in [0.3, 0.4) is 0 Å². The van der Waals surface area contributed by atoms with Gasteiger partial charge in [0.1, 0.15) is 31.0 Å². The zero-order valence-electron chi connectivity index (χ0n) is 35.7. The number of ketones is 1. The third-order valence-electron chi connectivity index (χ3n) is 15.5. The molecule has 0 aromatic rings. The number of hydrogen-bond donors (Lipinski definition) is 3. The van der Waals surface area contributed by atoms with Crippen LogP contribution in [0.15, 0.2) is 11.6 Å². The van der Waals surface area contributed by atoms with Crippen LogP contribution in [0, 0.1) is 46.3 Å². The second kappa shape index (κ2) is 20.6. The van der Waals surface area contributed by atoms with Gasteiger partial charge in [0.25, 0.3) is 0 Å². The average molecular weight is 773 g/mol. The van der Waals surface area contributed by atoms with Gasteiger partial charge < -0.3 is 29.5 Å². The summed E-state index contributed by atoms with van der Waals surface area (Å²) in [5, 5.41) is 32.3. The number of aliphatic hydroxyl groups excluding tert-OH is 3. The van der Waals surface area contributed by atoms with E-state index in [1.165, 1.54) is 83.5 Å². The highest BCUT2D eigenvalue weighted by molar-refractivity contribution is 5.94. The van der Waals surface area contributed by atoms with Gasteiger partial charge in [-0.2, -0.15) is 0 Å². The number of rotatable bonds is 21. The average Bonchev–Trinajstić information content (AvgIpc) is 3.51. The van der Waals surface area contributed by atoms with Gasteiger partial charge in [0.2, 0.25) is 0 Å². The summed E-state index contributed by atoms with van der Waals surface area (Å²) in [6, 6.07) is 0. The Balaban J connectivity index is 1.09. The van der Waals surface area contributed by atoms with E-state index in [1.54, 1.807) is 0 Å². The van der Waals surface area contributed by atoms with Gasteiger partial charge in [0.05, 0.1) is 6.10 Å². The number of aliphatic hydroxyl groups is 3. The van der Waals surface area contributed by atoms with Crippen molar-refractivity contribution in [3.05, 3.63) is 11.6 Å². The van der Waals surface area contributed by atoms with Gasteiger partial charge in [-0.15, -0.1) is 0 Å². The highest BCUT2D eigenvalue weighted by Crippen LogP contribution is 2.67. The molecule has 4 unspecified atom stereocenters. The van der Waals surface area contributed by atoms with Crippen LogP contribution in [0.2, 0.25) is 0 Å². The van der Waals surface area contributed by atoms with Gasteiger partial charge >= 0.3 is 5.97 Å². The van der Waals surface area contributed by atoms with E-state index in [0.717, 1.165) is 56.4 Å². The first-order chi connectivity index (χ1) is 26.3. The largest absolute Gasteiger partial charge is 0.463 e. The summed E-state index contributed by atoms with van der Waals surface area (Å²) < 4.78 is 17.8. The lowest BCUT2D eigenvalue weighted by molar-refractivity contribution is -0.313. The first-order valence-electron chi connectivity index (χ1n) is 23.1. The number of esters is 1. The fourth-order valence-corrected chi connectivity index (χ4v) is 12.0. The maximum atomic E-state index is 14.1. The summed E-state index contributed by atoms with van der Waals surface area (Å²) in [7, 11) is 0. The Hall–Kier alpha value is -1.32. The van der Waals surface area contributed by atoms with Crippen LogP contribution in [0.25, 0.3) is 0 Å². The number of hydrogen-bond acceptors (Lipinski definition) is 8. The molecular weight excluding hydrogens is 693 g/mol. The van der Waals surface area contributed by atoms with Gasteiger partial charge in [0, 0.05) is 12.3 Å². The molecule has 8 nitrogen and oxygen atoms in total. The third kappa shape index (κ3) is 10.8. The Morgan fingerprint density at radius 3 is 2.16 bits per heavy atom. The second-order valence-corrected chi connectivity index (χ2v) is 19.7. The van der Waals surface area contributed by atoms with Crippen molar-refractivity contribution in [2.45, 2.75) is 220 Å². The van der Waals surface area contributed by atoms with Crippen LogP contribution in [-0.4, -0.2) is 70.5 Å². The zero-order valence-corrected chi connectivity index (χ0v) is 35.7. The minimum Gasteiger partial charge on any atom is -0.463 e. The highest BCUT2D eigenvalue weighted by atomic mass is 16.7. The van der Waals surface area contributed by atoms with Crippen LogP contribution in [-0.2, 0) is 23.8 Å². The molecule has 3 N–H and O–H groups in total. The predicted octanol–water partition coefficient (Wildman–Crippen LogP) is 9.64. The van der Waals surface area contributed by atoms with E-state index in [1.807, 2.05) is 6.08 Å². The van der Waals surface area contributed by atoms with E-state index >= 15 is 0 Å². The van der Waals surface area contributed by atoms with E-state index in [4.69, 9.17) is 14.2 Å². The number of carbonyl (C=O) groups is 2. The maximum absolute atomic E-state index is 14.1. The Morgan fingerprint density at radius 1 is 0.818 bits per heavy atom. The number of allylic oxidation sites excluding steroid dienone is 1. The SMILES string of the molecule is CCCCCCCCCCCCCC(=O)OC[C@H]1O[C@H](OC2CC[C@@]3(C)C(=CC(=O)C4C3CC[C@@]3(C)C4CC[C@@H]3[C@H](C)CCCC(C)C)C2)[C@H](O)[C@@H](O)[C@@H]1O. The van der Waals surface area contributed by atoms with Gasteiger partial charge in [-0.3, -0.25) is 9.59 Å². The van der Waals surface area contributed by atoms with Gasteiger partial charge in [-0.05, 0) is 97.9 Å². The Kier molecular flexibility index (Phi) is 16.8. The van der Waals surface area contributed by atoms with Crippen LogP contribution in [0.5, 0.6) is 0 Å². The molecule has 1 aliphatic heterocycles. The molecule has 3 saturated carbocycles. The molecule has 0 aromatic heterocycles. The first kappa shape index (κ1) is 44.8. The first-order valence-corrected chi connectivity index (χ1v) is 23.1. The molecule has 5 rings (SSSR count). The van der Waals surface area contributed by atoms with Crippen molar-refractivity contribution in [1.82, 2.24) is 0 Å². The molecule has 55 heavy (non-hydrogen) atoms. The van der Waals surface area contributed by atoms with Gasteiger partial charge in [-0.1, -0.05) is 131 Å². The smallest absolute Gasteiger partial charge is 0.305 e. The molecule has 0 spiro atoms. The van der Waals surface area contributed by atoms with Gasteiger partial charge in [0.15, 0.2) is 12.1 Å². The minimum atomic E-state index is -1.50. The minimum absolute atomic E-state index is 0.0624. The number of fused-ring (bicyclic) bond motifs is 5. The molecular formula is C47H80O8. The molecule has 0 bridgehead atoms. The van der Waals surface area contributed by atoms with Crippen molar-refractivity contribution in [1.29, 1.82) is 0 Å². The molecule has 4 fully saturated rings. The molecule has 0 aromatic carbocycles. The molecule has 0 radical (unpaired) electrons. The fraction of sp³-hybridized carbons (Fsp3) is 0.915. The molecule has 4 aliphatic carbocycles. The van der Waals surface area contributed by atoms with E-state index in [9.17, 15) is 24.9 Å². The molecule has 316 valence electrons. The Labute approximate surface area is 334 Å². The van der Waals surface area contributed by atoms with Crippen molar-refractivity contribution in [2.24, 2.45) is 46.3 Å². The highest BCUT2D eigenvalue weighted by Gasteiger charge is 2.61. The van der Waals surface area contributed by atoms with Crippen molar-refractivity contribution in [3.63, 3.8) is 0 Å². The van der Waals surface area contributed by atoms with Gasteiger partial charge in [-0.25, -0.2) is 0 Å². The predicted molar refractivity (Wildman–Crippen MR) is 217 cm³/mol. The van der Waals surface area contributed by atoms with E-state index in [-0.39, 0.29) is 35.4 Å². The Bertz CT molecular complexity index is 1250. The van der Waals surface area contributed by atoms with Crippen LogP contribution in [0.4, 0.5) is 0 Å². The van der Waals surface area contributed by atoms with Crippen molar-refractivity contribution in [2.75, 3.05) is 6.61 Å². The normalized spacial score (nSPS) is 37.9. The second-order valence-electron chi connectivity index (χ2n) is 19.7.